The van der Waals surface area contributed by atoms with E-state index in [1.54, 1.807) is 0 Å². The number of aliphatic hydroxyl groups excluding tert-OH is 1. The standard InChI is InChI=1S/C9H14N4O3/c1-2-6(5-14)11-8-4-3-7(13(15)16)9(10)12-8/h3-4,6,14H,2,5H2,1H3,(H3,10,11,12). The molecule has 1 aromatic heterocycles. The third-order valence-corrected chi connectivity index (χ3v) is 2.16. The van der Waals surface area contributed by atoms with Gasteiger partial charge in [-0.3, -0.25) is 10.1 Å². The number of nitro groups is 1. The van der Waals surface area contributed by atoms with E-state index in [-0.39, 0.29) is 24.2 Å². The van der Waals surface area contributed by atoms with Crippen molar-refractivity contribution in [1.82, 2.24) is 4.98 Å². The normalized spacial score (nSPS) is 12.1. The van der Waals surface area contributed by atoms with Gasteiger partial charge in [0.1, 0.15) is 5.82 Å². The smallest absolute Gasteiger partial charge is 0.311 e. The van der Waals surface area contributed by atoms with Crippen LogP contribution in [0.15, 0.2) is 12.1 Å². The van der Waals surface area contributed by atoms with Crippen molar-refractivity contribution in [3.8, 4) is 0 Å². The minimum atomic E-state index is -0.588. The van der Waals surface area contributed by atoms with Gasteiger partial charge in [-0.05, 0) is 12.5 Å². The lowest BCUT2D eigenvalue weighted by Gasteiger charge is -2.14. The summed E-state index contributed by atoms with van der Waals surface area (Å²) in [4.78, 5) is 13.7. The lowest BCUT2D eigenvalue weighted by atomic mass is 10.2. The molecule has 0 bridgehead atoms. The molecule has 4 N–H and O–H groups in total. The van der Waals surface area contributed by atoms with Crippen molar-refractivity contribution < 1.29 is 10.0 Å². The van der Waals surface area contributed by atoms with Crippen LogP contribution in [0.2, 0.25) is 0 Å². The lowest BCUT2D eigenvalue weighted by Crippen LogP contribution is -2.23. The van der Waals surface area contributed by atoms with E-state index in [0.29, 0.717) is 5.82 Å². The zero-order chi connectivity index (χ0) is 12.1. The molecular formula is C9H14N4O3. The number of nitrogen functional groups attached to an aromatic ring is 1. The second kappa shape index (κ2) is 5.26. The van der Waals surface area contributed by atoms with Crippen molar-refractivity contribution >= 4 is 17.3 Å². The Labute approximate surface area is 92.4 Å². The van der Waals surface area contributed by atoms with Crippen LogP contribution in [-0.2, 0) is 0 Å². The van der Waals surface area contributed by atoms with Crippen LogP contribution < -0.4 is 11.1 Å². The van der Waals surface area contributed by atoms with E-state index in [9.17, 15) is 10.1 Å². The summed E-state index contributed by atoms with van der Waals surface area (Å²) >= 11 is 0. The predicted molar refractivity (Wildman–Crippen MR) is 60.1 cm³/mol. The highest BCUT2D eigenvalue weighted by molar-refractivity contribution is 5.57. The highest BCUT2D eigenvalue weighted by Gasteiger charge is 2.13. The first-order chi connectivity index (χ1) is 7.58. The van der Waals surface area contributed by atoms with E-state index < -0.39 is 4.92 Å². The Balaban J connectivity index is 2.84. The van der Waals surface area contributed by atoms with Crippen LogP contribution in [0.4, 0.5) is 17.3 Å². The average Bonchev–Trinajstić information content (AvgIpc) is 2.25. The molecule has 0 spiro atoms. The summed E-state index contributed by atoms with van der Waals surface area (Å²) in [5, 5.41) is 22.4. The Bertz CT molecular complexity index is 379. The molecule has 88 valence electrons. The molecule has 16 heavy (non-hydrogen) atoms. The molecule has 7 nitrogen and oxygen atoms in total. The first kappa shape index (κ1) is 12.2. The van der Waals surface area contributed by atoms with Gasteiger partial charge in [-0.1, -0.05) is 6.92 Å². The monoisotopic (exact) mass is 226 g/mol. The number of anilines is 2. The molecule has 7 heteroatoms. The number of rotatable bonds is 5. The zero-order valence-electron chi connectivity index (χ0n) is 8.88. The predicted octanol–water partition coefficient (Wildman–Crippen LogP) is 0.755. The molecule has 0 fully saturated rings. The van der Waals surface area contributed by atoms with Gasteiger partial charge in [0, 0.05) is 6.07 Å². The Hall–Kier alpha value is -1.89. The molecule has 1 rings (SSSR count). The topological polar surface area (TPSA) is 114 Å². The second-order valence-electron chi connectivity index (χ2n) is 3.29. The number of aromatic nitrogens is 1. The van der Waals surface area contributed by atoms with Crippen molar-refractivity contribution in [2.24, 2.45) is 0 Å². The fraction of sp³-hybridized carbons (Fsp3) is 0.444. The van der Waals surface area contributed by atoms with Crippen molar-refractivity contribution in [3.05, 3.63) is 22.2 Å². The molecule has 0 aliphatic rings. The van der Waals surface area contributed by atoms with E-state index >= 15 is 0 Å². The third-order valence-electron chi connectivity index (χ3n) is 2.16. The van der Waals surface area contributed by atoms with Gasteiger partial charge in [-0.25, -0.2) is 4.98 Å². The zero-order valence-corrected chi connectivity index (χ0v) is 8.88. The largest absolute Gasteiger partial charge is 0.394 e. The molecule has 0 amide bonds. The Morgan fingerprint density at radius 3 is 2.81 bits per heavy atom. The highest BCUT2D eigenvalue weighted by Crippen LogP contribution is 2.21. The Morgan fingerprint density at radius 1 is 1.69 bits per heavy atom. The number of hydrogen-bond donors (Lipinski definition) is 3. The van der Waals surface area contributed by atoms with Crippen molar-refractivity contribution in [1.29, 1.82) is 0 Å². The summed E-state index contributed by atoms with van der Waals surface area (Å²) in [5.74, 6) is 0.284. The molecule has 0 aliphatic carbocycles. The van der Waals surface area contributed by atoms with Crippen molar-refractivity contribution in [2.75, 3.05) is 17.7 Å². The molecule has 0 saturated heterocycles. The van der Waals surface area contributed by atoms with Crippen molar-refractivity contribution in [3.63, 3.8) is 0 Å². The van der Waals surface area contributed by atoms with Gasteiger partial charge in [-0.15, -0.1) is 0 Å². The number of hydrogen-bond acceptors (Lipinski definition) is 6. The number of nitrogens with two attached hydrogens (primary N) is 1. The SMILES string of the molecule is CCC(CO)Nc1ccc([N+](=O)[O-])c(N)n1. The maximum atomic E-state index is 10.5. The van der Waals surface area contributed by atoms with Gasteiger partial charge in [-0.2, -0.15) is 0 Å². The van der Waals surface area contributed by atoms with Crippen molar-refractivity contribution in [2.45, 2.75) is 19.4 Å². The molecule has 1 heterocycles. The summed E-state index contributed by atoms with van der Waals surface area (Å²) in [6.45, 7) is 1.87. The number of nitrogens with zero attached hydrogens (tertiary/aromatic N) is 2. The average molecular weight is 226 g/mol. The second-order valence-corrected chi connectivity index (χ2v) is 3.29. The van der Waals surface area contributed by atoms with Gasteiger partial charge >= 0.3 is 5.69 Å². The van der Waals surface area contributed by atoms with Crippen LogP contribution in [0.1, 0.15) is 13.3 Å². The van der Waals surface area contributed by atoms with Crippen LogP contribution in [-0.4, -0.2) is 27.7 Å². The minimum Gasteiger partial charge on any atom is -0.394 e. The van der Waals surface area contributed by atoms with E-state index in [0.717, 1.165) is 6.42 Å². The highest BCUT2D eigenvalue weighted by atomic mass is 16.6. The van der Waals surface area contributed by atoms with Gasteiger partial charge in [0.05, 0.1) is 17.6 Å². The van der Waals surface area contributed by atoms with Gasteiger partial charge in [0.15, 0.2) is 0 Å². The summed E-state index contributed by atoms with van der Waals surface area (Å²) < 4.78 is 0. The molecule has 0 radical (unpaired) electrons. The molecule has 0 aromatic carbocycles. The van der Waals surface area contributed by atoms with Gasteiger partial charge < -0.3 is 16.2 Å². The number of aliphatic hydroxyl groups is 1. The van der Waals surface area contributed by atoms with Crippen LogP contribution in [0.25, 0.3) is 0 Å². The summed E-state index contributed by atoms with van der Waals surface area (Å²) in [6.07, 6.45) is 0.717. The van der Waals surface area contributed by atoms with E-state index in [2.05, 4.69) is 10.3 Å². The molecular weight excluding hydrogens is 212 g/mol. The van der Waals surface area contributed by atoms with E-state index in [1.165, 1.54) is 12.1 Å². The van der Waals surface area contributed by atoms with Crippen LogP contribution in [0.3, 0.4) is 0 Å². The lowest BCUT2D eigenvalue weighted by molar-refractivity contribution is -0.384. The van der Waals surface area contributed by atoms with Crippen LogP contribution >= 0.6 is 0 Å². The van der Waals surface area contributed by atoms with Crippen LogP contribution in [0, 0.1) is 10.1 Å². The number of nitrogens with one attached hydrogen (secondary N) is 1. The fourth-order valence-electron chi connectivity index (χ4n) is 1.19. The summed E-state index contributed by atoms with van der Waals surface area (Å²) in [6, 6.07) is 2.62. The molecule has 1 atom stereocenters. The molecule has 0 aliphatic heterocycles. The van der Waals surface area contributed by atoms with Gasteiger partial charge in [0.2, 0.25) is 5.82 Å². The first-order valence-electron chi connectivity index (χ1n) is 4.86. The first-order valence-corrected chi connectivity index (χ1v) is 4.86. The maximum Gasteiger partial charge on any atom is 0.311 e. The molecule has 1 unspecified atom stereocenters. The van der Waals surface area contributed by atoms with Crippen LogP contribution in [0.5, 0.6) is 0 Å². The molecule has 0 saturated carbocycles. The van der Waals surface area contributed by atoms with Gasteiger partial charge in [0.25, 0.3) is 0 Å². The summed E-state index contributed by atoms with van der Waals surface area (Å²) in [7, 11) is 0. The third kappa shape index (κ3) is 2.80. The Kier molecular flexibility index (Phi) is 4.01. The number of pyridine rings is 1. The maximum absolute atomic E-state index is 10.5. The van der Waals surface area contributed by atoms with E-state index in [1.807, 2.05) is 6.92 Å². The summed E-state index contributed by atoms with van der Waals surface area (Å²) in [5.41, 5.74) is 5.21. The Morgan fingerprint density at radius 2 is 2.38 bits per heavy atom. The van der Waals surface area contributed by atoms with E-state index in [4.69, 9.17) is 10.8 Å². The fourth-order valence-corrected chi connectivity index (χ4v) is 1.19. The minimum absolute atomic E-state index is 0.0327. The quantitative estimate of drug-likeness (QED) is 0.504. The molecule has 1 aromatic rings.